The average Bonchev–Trinajstić information content (AvgIpc) is 3.57. The number of hydrogen-bond acceptors (Lipinski definition) is 3. The van der Waals surface area contributed by atoms with E-state index in [4.69, 9.17) is 9.98 Å². The first-order valence-electron chi connectivity index (χ1n) is 19.1. The van der Waals surface area contributed by atoms with Gasteiger partial charge < -0.3 is 0 Å². The number of halogens is 5. The summed E-state index contributed by atoms with van der Waals surface area (Å²) in [5.74, 6) is -7.16. The fourth-order valence-electron chi connectivity index (χ4n) is 7.27. The van der Waals surface area contributed by atoms with E-state index in [1.807, 2.05) is 91.8 Å². The van der Waals surface area contributed by atoms with E-state index in [0.29, 0.717) is 22.5 Å². The first-order chi connectivity index (χ1) is 27.2. The number of amidine groups is 2. The van der Waals surface area contributed by atoms with Crippen molar-refractivity contribution in [3.63, 3.8) is 0 Å². The first-order valence-corrected chi connectivity index (χ1v) is 21.0. The molecule has 0 fully saturated rings. The predicted molar refractivity (Wildman–Crippen MR) is 220 cm³/mol. The summed E-state index contributed by atoms with van der Waals surface area (Å²) in [4.78, 5) is 16.1. The molecule has 2 radical (unpaired) electrons. The van der Waals surface area contributed by atoms with E-state index in [9.17, 15) is 0 Å². The maximum atomic E-state index is 17.1. The monoisotopic (exact) mass is 837 g/mol. The minimum absolute atomic E-state index is 0.00994. The van der Waals surface area contributed by atoms with Crippen molar-refractivity contribution >= 4 is 38.9 Å². The van der Waals surface area contributed by atoms with Crippen LogP contribution in [0.25, 0.3) is 0 Å². The Hall–Kier alpha value is -5.10. The zero-order valence-electron chi connectivity index (χ0n) is 33.3. The van der Waals surface area contributed by atoms with Crippen molar-refractivity contribution in [2.24, 2.45) is 9.98 Å². The fourth-order valence-corrected chi connectivity index (χ4v) is 9.07. The molecule has 0 saturated heterocycles. The van der Waals surface area contributed by atoms with Crippen molar-refractivity contribution in [2.45, 2.75) is 83.6 Å². The van der Waals surface area contributed by atoms with Crippen LogP contribution in [-0.2, 0) is 4.50 Å². The van der Waals surface area contributed by atoms with Gasteiger partial charge in [0.05, 0.1) is 0 Å². The molecule has 0 aliphatic carbocycles. The van der Waals surface area contributed by atoms with E-state index >= 15 is 21.1 Å². The maximum absolute atomic E-state index is 17.1. The fraction of sp³-hybridized carbons (Fsp3) is 0.283. The number of hydrogen-bond donors (Lipinski definition) is 0. The van der Waals surface area contributed by atoms with Crippen LogP contribution in [-0.4, -0.2) is 42.4 Å². The van der Waals surface area contributed by atoms with Gasteiger partial charge in [0.1, 0.15) is 0 Å². The average molecular weight is 837 g/mol. The molecule has 2 heterocycles. The Morgan fingerprint density at radius 3 is 1.16 bits per heavy atom. The van der Waals surface area contributed by atoms with E-state index in [-0.39, 0.29) is 35.3 Å². The molecule has 0 bridgehead atoms. The normalized spacial score (nSPS) is 16.3. The van der Waals surface area contributed by atoms with Gasteiger partial charge in [0.15, 0.2) is 0 Å². The Kier molecular flexibility index (Phi) is 12.5. The van der Waals surface area contributed by atoms with Gasteiger partial charge in [0.2, 0.25) is 0 Å². The molecule has 57 heavy (non-hydrogen) atoms. The van der Waals surface area contributed by atoms with Gasteiger partial charge in [-0.3, -0.25) is 0 Å². The molecule has 1 aliphatic heterocycles. The Labute approximate surface area is 339 Å². The third-order valence-corrected chi connectivity index (χ3v) is 12.3. The van der Waals surface area contributed by atoms with Crippen LogP contribution in [0.3, 0.4) is 0 Å². The van der Waals surface area contributed by atoms with Crippen LogP contribution in [0.15, 0.2) is 119 Å². The summed E-state index contributed by atoms with van der Waals surface area (Å²) in [6, 6.07) is 29.5. The molecule has 0 amide bonds. The zero-order chi connectivity index (χ0) is 41.2. The number of rotatable bonds is 10. The molecule has 6 rings (SSSR count). The van der Waals surface area contributed by atoms with E-state index in [1.54, 1.807) is 60.7 Å². The summed E-state index contributed by atoms with van der Waals surface area (Å²) in [5, 5.41) is 0. The second kappa shape index (κ2) is 17.2. The summed E-state index contributed by atoms with van der Waals surface area (Å²) in [5.41, 5.74) is 4.58. The molecule has 4 aromatic carbocycles. The summed E-state index contributed by atoms with van der Waals surface area (Å²) in [7, 11) is 0. The van der Waals surface area contributed by atoms with E-state index in [1.165, 1.54) is 22.2 Å². The van der Waals surface area contributed by atoms with E-state index < -0.39 is 49.5 Å². The van der Waals surface area contributed by atoms with Crippen LogP contribution in [0.5, 0.6) is 0 Å². The van der Waals surface area contributed by atoms with Gasteiger partial charge in [-0.2, -0.15) is 0 Å². The third kappa shape index (κ3) is 7.80. The molecular formula is C46H46F5GeN5. The molecule has 0 N–H and O–H groups in total. The summed E-state index contributed by atoms with van der Waals surface area (Å²) < 4.78 is 78.6. The number of benzene rings is 4. The molecule has 0 atom stereocenters. The molecule has 0 spiro atoms. The van der Waals surface area contributed by atoms with Gasteiger partial charge in [-0.05, 0) is 0 Å². The Bertz CT molecular complexity index is 2120. The number of nitrogens with zero attached hydrogens (tertiary/aromatic N) is 5. The molecule has 0 saturated carbocycles. The van der Waals surface area contributed by atoms with Crippen molar-refractivity contribution in [1.82, 2.24) is 14.8 Å². The molecule has 0 unspecified atom stereocenters. The van der Waals surface area contributed by atoms with Gasteiger partial charge in [-0.1, -0.05) is 0 Å². The molecular weight excluding hydrogens is 790 g/mol. The zero-order valence-corrected chi connectivity index (χ0v) is 35.4. The Balaban J connectivity index is 1.78. The van der Waals surface area contributed by atoms with Gasteiger partial charge >= 0.3 is 340 Å². The number of aromatic nitrogens is 1. The third-order valence-electron chi connectivity index (χ3n) is 10.2. The molecule has 294 valence electrons. The van der Waals surface area contributed by atoms with Crippen LogP contribution >= 0.6 is 0 Å². The van der Waals surface area contributed by atoms with Crippen LogP contribution in [0.2, 0.25) is 0 Å². The molecule has 5 aromatic rings. The van der Waals surface area contributed by atoms with Crippen LogP contribution in [0, 0.1) is 23.5 Å². The van der Waals surface area contributed by atoms with Crippen LogP contribution in [0.4, 0.5) is 32.4 Å². The Morgan fingerprint density at radius 1 is 0.526 bits per heavy atom. The minimum atomic E-state index is -3.19. The SMILES string of the molecule is CC(C)c1cccc(C(C)C)c1N=C(c1ccccc1)N1C=CN(C(=Nc2c(C(C)C)cccc2C(C)C)c2ccccc2)[C]1([Ge][F])c1c(F)c(F)nc(F)c1F. The van der Waals surface area contributed by atoms with Gasteiger partial charge in [-0.25, -0.2) is 0 Å². The molecule has 1 aliphatic rings. The topological polar surface area (TPSA) is 44.1 Å². The molecule has 11 heteroatoms. The van der Waals surface area contributed by atoms with Crippen molar-refractivity contribution < 1.29 is 21.1 Å². The number of pyridine rings is 1. The quantitative estimate of drug-likeness (QED) is 0.0463. The summed E-state index contributed by atoms with van der Waals surface area (Å²) in [6.07, 6.45) is 2.93. The second-order valence-corrected chi connectivity index (χ2v) is 17.2. The van der Waals surface area contributed by atoms with Gasteiger partial charge in [-0.15, -0.1) is 0 Å². The van der Waals surface area contributed by atoms with Crippen molar-refractivity contribution in [1.29, 1.82) is 0 Å². The van der Waals surface area contributed by atoms with Crippen molar-refractivity contribution in [3.8, 4) is 0 Å². The van der Waals surface area contributed by atoms with E-state index in [2.05, 4.69) is 4.98 Å². The summed E-state index contributed by atoms with van der Waals surface area (Å²) >= 11 is -3.19. The van der Waals surface area contributed by atoms with Gasteiger partial charge in [0.25, 0.3) is 0 Å². The molecule has 1 aromatic heterocycles. The second-order valence-electron chi connectivity index (χ2n) is 15.3. The standard InChI is InChI=1S/C46H46F5GeN5/c1-27(2)33-21-15-22-34(28(3)4)40(33)53-44(31-17-11-9-12-18-31)56-25-26-57(46(56,52-51)37-38(47)42(49)55-43(50)39(37)48)45(32-19-13-10-14-20-32)54-41-35(29(5)6)23-16-24-36(41)30(7)8/h9-30H,1-8H3. The van der Waals surface area contributed by atoms with Crippen LogP contribution < -0.4 is 0 Å². The van der Waals surface area contributed by atoms with Crippen molar-refractivity contribution in [2.75, 3.05) is 0 Å². The number of para-hydroxylation sites is 2. The summed E-state index contributed by atoms with van der Waals surface area (Å²) in [6.45, 7) is 16.3. The molecule has 5 nitrogen and oxygen atoms in total. The predicted octanol–water partition coefficient (Wildman–Crippen LogP) is 12.5. The van der Waals surface area contributed by atoms with Crippen LogP contribution in [0.1, 0.15) is 118 Å². The van der Waals surface area contributed by atoms with Gasteiger partial charge in [0, 0.05) is 0 Å². The van der Waals surface area contributed by atoms with Crippen molar-refractivity contribution in [3.05, 3.63) is 172 Å². The Morgan fingerprint density at radius 2 is 0.860 bits per heavy atom. The van der Waals surface area contributed by atoms with E-state index in [0.717, 1.165) is 22.3 Å². The number of aliphatic imine (C=N–C) groups is 2. The first kappa shape index (κ1) is 41.5.